The first-order chi connectivity index (χ1) is 7.80. The fourth-order valence-electron chi connectivity index (χ4n) is 1.62. The van der Waals surface area contributed by atoms with E-state index < -0.39 is 0 Å². The van der Waals surface area contributed by atoms with Crippen molar-refractivity contribution < 1.29 is 0 Å². The summed E-state index contributed by atoms with van der Waals surface area (Å²) < 4.78 is 0. The molecule has 1 aromatic carbocycles. The van der Waals surface area contributed by atoms with Gasteiger partial charge in [-0.15, -0.1) is 0 Å². The highest BCUT2D eigenvalue weighted by molar-refractivity contribution is 5.48. The molecule has 1 rings (SSSR count). The van der Waals surface area contributed by atoms with E-state index in [0.29, 0.717) is 11.3 Å². The fourth-order valence-corrected chi connectivity index (χ4v) is 1.62. The lowest BCUT2D eigenvalue weighted by Gasteiger charge is -2.27. The second-order valence-corrected chi connectivity index (χ2v) is 6.10. The molecule has 0 saturated carbocycles. The number of benzene rings is 1. The molecule has 3 N–H and O–H groups in total. The second kappa shape index (κ2) is 5.54. The van der Waals surface area contributed by atoms with E-state index in [9.17, 15) is 0 Å². The molecule has 0 bridgehead atoms. The van der Waals surface area contributed by atoms with Gasteiger partial charge in [-0.25, -0.2) is 0 Å². The van der Waals surface area contributed by atoms with E-state index in [0.717, 1.165) is 18.8 Å². The van der Waals surface area contributed by atoms with Crippen molar-refractivity contribution in [1.29, 1.82) is 0 Å². The summed E-state index contributed by atoms with van der Waals surface area (Å²) in [5.74, 6) is 0.647. The summed E-state index contributed by atoms with van der Waals surface area (Å²) in [5.41, 5.74) is 9.65. The van der Waals surface area contributed by atoms with E-state index >= 15 is 0 Å². The highest BCUT2D eigenvalue weighted by atomic mass is 14.9. The van der Waals surface area contributed by atoms with Crippen LogP contribution in [0.3, 0.4) is 0 Å². The minimum absolute atomic E-state index is 0.352. The monoisotopic (exact) mass is 234 g/mol. The Balaban J connectivity index is 2.49. The predicted molar refractivity (Wildman–Crippen MR) is 75.9 cm³/mol. The van der Waals surface area contributed by atoms with Crippen molar-refractivity contribution in [2.45, 2.75) is 41.2 Å². The summed E-state index contributed by atoms with van der Waals surface area (Å²) in [4.78, 5) is 0. The van der Waals surface area contributed by atoms with Crippen molar-refractivity contribution in [3.63, 3.8) is 0 Å². The number of nitrogen functional groups attached to an aromatic ring is 1. The fraction of sp³-hybridized carbons (Fsp3) is 0.600. The average Bonchev–Trinajstić information content (AvgIpc) is 2.21. The molecule has 0 aliphatic carbocycles. The zero-order valence-electron chi connectivity index (χ0n) is 11.8. The summed E-state index contributed by atoms with van der Waals surface area (Å²) in [6.07, 6.45) is 0. The van der Waals surface area contributed by atoms with Crippen molar-refractivity contribution in [2.75, 3.05) is 12.3 Å². The van der Waals surface area contributed by atoms with E-state index in [1.54, 1.807) is 0 Å². The third-order valence-electron chi connectivity index (χ3n) is 3.54. The van der Waals surface area contributed by atoms with Gasteiger partial charge >= 0.3 is 0 Å². The van der Waals surface area contributed by atoms with Crippen LogP contribution < -0.4 is 11.1 Å². The SMILES string of the molecule is Cc1ccc(N)c(CNCC(C)C(C)(C)C)c1. The minimum atomic E-state index is 0.352. The van der Waals surface area contributed by atoms with Crippen LogP contribution in [-0.2, 0) is 6.54 Å². The maximum Gasteiger partial charge on any atom is 0.0359 e. The Kier molecular flexibility index (Phi) is 4.58. The number of aryl methyl sites for hydroxylation is 1. The van der Waals surface area contributed by atoms with Gasteiger partial charge in [0.1, 0.15) is 0 Å². The molecule has 96 valence electrons. The van der Waals surface area contributed by atoms with E-state index in [1.165, 1.54) is 11.1 Å². The van der Waals surface area contributed by atoms with Crippen molar-refractivity contribution in [1.82, 2.24) is 5.32 Å². The number of nitrogens with one attached hydrogen (secondary N) is 1. The first-order valence-corrected chi connectivity index (χ1v) is 6.36. The quantitative estimate of drug-likeness (QED) is 0.784. The van der Waals surface area contributed by atoms with Crippen LogP contribution in [0.1, 0.15) is 38.8 Å². The van der Waals surface area contributed by atoms with Crippen molar-refractivity contribution in [3.05, 3.63) is 29.3 Å². The molecule has 0 spiro atoms. The molecule has 0 radical (unpaired) electrons. The van der Waals surface area contributed by atoms with Crippen LogP contribution in [0.15, 0.2) is 18.2 Å². The molecule has 1 unspecified atom stereocenters. The van der Waals surface area contributed by atoms with E-state index in [1.807, 2.05) is 6.07 Å². The van der Waals surface area contributed by atoms with Gasteiger partial charge in [0.2, 0.25) is 0 Å². The summed E-state index contributed by atoms with van der Waals surface area (Å²) in [6.45, 7) is 13.1. The van der Waals surface area contributed by atoms with Gasteiger partial charge in [0.15, 0.2) is 0 Å². The van der Waals surface area contributed by atoms with Crippen molar-refractivity contribution >= 4 is 5.69 Å². The Morgan fingerprint density at radius 3 is 2.53 bits per heavy atom. The summed E-state index contributed by atoms with van der Waals surface area (Å²) in [6, 6.07) is 6.19. The highest BCUT2D eigenvalue weighted by Crippen LogP contribution is 2.24. The van der Waals surface area contributed by atoms with Crippen LogP contribution in [-0.4, -0.2) is 6.54 Å². The molecule has 0 aliphatic heterocycles. The highest BCUT2D eigenvalue weighted by Gasteiger charge is 2.19. The van der Waals surface area contributed by atoms with Gasteiger partial charge in [-0.2, -0.15) is 0 Å². The first kappa shape index (κ1) is 14.0. The van der Waals surface area contributed by atoms with Crippen LogP contribution in [0, 0.1) is 18.3 Å². The summed E-state index contributed by atoms with van der Waals surface area (Å²) in [5, 5.41) is 3.50. The zero-order chi connectivity index (χ0) is 13.1. The maximum atomic E-state index is 5.95. The first-order valence-electron chi connectivity index (χ1n) is 6.36. The van der Waals surface area contributed by atoms with Gasteiger partial charge in [0.25, 0.3) is 0 Å². The Morgan fingerprint density at radius 2 is 1.94 bits per heavy atom. The lowest BCUT2D eigenvalue weighted by molar-refractivity contribution is 0.252. The Bertz CT molecular complexity index is 364. The van der Waals surface area contributed by atoms with E-state index in [4.69, 9.17) is 5.73 Å². The number of rotatable bonds is 4. The van der Waals surface area contributed by atoms with Gasteiger partial charge in [-0.05, 0) is 36.4 Å². The molecule has 0 fully saturated rings. The van der Waals surface area contributed by atoms with Crippen molar-refractivity contribution in [3.8, 4) is 0 Å². The van der Waals surface area contributed by atoms with E-state index in [2.05, 4.69) is 52.1 Å². The lowest BCUT2D eigenvalue weighted by Crippen LogP contribution is -2.29. The normalized spacial score (nSPS) is 13.7. The van der Waals surface area contributed by atoms with Crippen molar-refractivity contribution in [2.24, 2.45) is 11.3 Å². The molecule has 2 nitrogen and oxygen atoms in total. The van der Waals surface area contributed by atoms with Gasteiger partial charge in [0.05, 0.1) is 0 Å². The Labute approximate surface area is 106 Å². The Morgan fingerprint density at radius 1 is 1.29 bits per heavy atom. The molecule has 0 aromatic heterocycles. The molecular formula is C15H26N2. The van der Waals surface area contributed by atoms with Crippen LogP contribution in [0.2, 0.25) is 0 Å². The smallest absolute Gasteiger partial charge is 0.0359 e. The number of anilines is 1. The third-order valence-corrected chi connectivity index (χ3v) is 3.54. The molecule has 0 saturated heterocycles. The lowest BCUT2D eigenvalue weighted by atomic mass is 9.82. The van der Waals surface area contributed by atoms with Crippen LogP contribution in [0.25, 0.3) is 0 Å². The molecular weight excluding hydrogens is 208 g/mol. The van der Waals surface area contributed by atoms with Gasteiger partial charge < -0.3 is 11.1 Å². The summed E-state index contributed by atoms with van der Waals surface area (Å²) in [7, 11) is 0. The van der Waals surface area contributed by atoms with Crippen LogP contribution >= 0.6 is 0 Å². The van der Waals surface area contributed by atoms with Gasteiger partial charge in [0, 0.05) is 12.2 Å². The topological polar surface area (TPSA) is 38.0 Å². The molecule has 0 heterocycles. The molecule has 0 amide bonds. The number of hydrogen-bond acceptors (Lipinski definition) is 2. The second-order valence-electron chi connectivity index (χ2n) is 6.10. The zero-order valence-corrected chi connectivity index (χ0v) is 11.8. The molecule has 0 aliphatic rings. The standard InChI is InChI=1S/C15H26N2/c1-11-6-7-14(16)13(8-11)10-17-9-12(2)15(3,4)5/h6-8,12,17H,9-10,16H2,1-5H3. The molecule has 1 atom stereocenters. The average molecular weight is 234 g/mol. The summed E-state index contributed by atoms with van der Waals surface area (Å²) >= 11 is 0. The van der Waals surface area contributed by atoms with Crippen LogP contribution in [0.4, 0.5) is 5.69 Å². The van der Waals surface area contributed by atoms with Gasteiger partial charge in [-0.3, -0.25) is 0 Å². The third kappa shape index (κ3) is 4.39. The van der Waals surface area contributed by atoms with Gasteiger partial charge in [-0.1, -0.05) is 45.4 Å². The number of nitrogens with two attached hydrogens (primary N) is 1. The maximum absolute atomic E-state index is 5.95. The minimum Gasteiger partial charge on any atom is -0.398 e. The van der Waals surface area contributed by atoms with Crippen LogP contribution in [0.5, 0.6) is 0 Å². The largest absolute Gasteiger partial charge is 0.398 e. The Hall–Kier alpha value is -1.02. The number of hydrogen-bond donors (Lipinski definition) is 2. The predicted octanol–water partition coefficient (Wildman–Crippen LogP) is 3.35. The molecule has 2 heteroatoms. The molecule has 17 heavy (non-hydrogen) atoms. The molecule has 1 aromatic rings. The van der Waals surface area contributed by atoms with E-state index in [-0.39, 0.29) is 0 Å².